The van der Waals surface area contributed by atoms with Crippen LogP contribution in [0.2, 0.25) is 0 Å². The van der Waals surface area contributed by atoms with Crippen LogP contribution in [0.15, 0.2) is 11.6 Å². The van der Waals surface area contributed by atoms with E-state index in [1.807, 2.05) is 6.92 Å². The molecule has 0 saturated heterocycles. The highest BCUT2D eigenvalue weighted by Crippen LogP contribution is 1.95. The highest BCUT2D eigenvalue weighted by atomic mass is 16.4. The molecule has 6 heteroatoms. The van der Waals surface area contributed by atoms with Crippen molar-refractivity contribution in [3.63, 3.8) is 0 Å². The highest BCUT2D eigenvalue weighted by Gasteiger charge is 1.83. The van der Waals surface area contributed by atoms with Crippen LogP contribution in [-0.2, 0) is 9.59 Å². The van der Waals surface area contributed by atoms with Gasteiger partial charge in [-0.15, -0.1) is 0 Å². The van der Waals surface area contributed by atoms with E-state index in [1.165, 1.54) is 0 Å². The fourth-order valence-corrected chi connectivity index (χ4v) is 0.434. The maximum atomic E-state index is 9.00. The van der Waals surface area contributed by atoms with Crippen LogP contribution in [0.1, 0.15) is 27.2 Å². The number of hydrogen-bond acceptors (Lipinski definition) is 4. The van der Waals surface area contributed by atoms with Crippen LogP contribution in [0.25, 0.3) is 0 Å². The average molecular weight is 236 g/mol. The third kappa shape index (κ3) is 80.1. The highest BCUT2D eigenvalue weighted by molar-refractivity contribution is 5.63. The molecule has 0 amide bonds. The minimum Gasteiger partial charge on any atom is -0.481 e. The van der Waals surface area contributed by atoms with Crippen LogP contribution in [0.3, 0.4) is 0 Å². The van der Waals surface area contributed by atoms with Crippen LogP contribution in [-0.4, -0.2) is 45.6 Å². The fourth-order valence-electron chi connectivity index (χ4n) is 0.434. The molecule has 0 aromatic heterocycles. The van der Waals surface area contributed by atoms with Gasteiger partial charge in [-0.3, -0.25) is 9.59 Å². The van der Waals surface area contributed by atoms with E-state index in [-0.39, 0.29) is 13.2 Å². The van der Waals surface area contributed by atoms with E-state index in [1.54, 1.807) is 6.08 Å². The van der Waals surface area contributed by atoms with Crippen molar-refractivity contribution in [2.75, 3.05) is 13.2 Å². The Hall–Kier alpha value is -1.40. The zero-order valence-electron chi connectivity index (χ0n) is 9.80. The third-order valence-electron chi connectivity index (χ3n) is 0.946. The second-order valence-corrected chi connectivity index (χ2v) is 2.74. The lowest BCUT2D eigenvalue weighted by atomic mass is 10.2. The molecule has 96 valence electrons. The second-order valence-electron chi connectivity index (χ2n) is 2.74. The Morgan fingerprint density at radius 1 is 1.00 bits per heavy atom. The molecule has 0 bridgehead atoms. The van der Waals surface area contributed by atoms with Crippen molar-refractivity contribution in [3.05, 3.63) is 11.6 Å². The molecule has 0 aliphatic heterocycles. The quantitative estimate of drug-likeness (QED) is 0.530. The molecule has 0 rings (SSSR count). The fraction of sp³-hybridized carbons (Fsp3) is 0.600. The number of aliphatic carboxylic acids is 2. The first-order chi connectivity index (χ1) is 7.27. The Morgan fingerprint density at radius 2 is 1.31 bits per heavy atom. The van der Waals surface area contributed by atoms with E-state index in [2.05, 4.69) is 0 Å². The second kappa shape index (κ2) is 16.0. The van der Waals surface area contributed by atoms with Gasteiger partial charge >= 0.3 is 0 Å². The van der Waals surface area contributed by atoms with Gasteiger partial charge in [-0.05, 0) is 13.3 Å². The van der Waals surface area contributed by atoms with Gasteiger partial charge in [0.1, 0.15) is 0 Å². The zero-order chi connectivity index (χ0) is 13.6. The lowest BCUT2D eigenvalue weighted by Crippen LogP contribution is -1.85. The number of carboxylic acid groups (broad SMARTS) is 2. The van der Waals surface area contributed by atoms with E-state index in [0.717, 1.165) is 19.4 Å². The summed E-state index contributed by atoms with van der Waals surface area (Å²) in [4.78, 5) is 18.0. The van der Waals surface area contributed by atoms with Crippen molar-refractivity contribution >= 4 is 11.9 Å². The van der Waals surface area contributed by atoms with Crippen molar-refractivity contribution in [1.29, 1.82) is 0 Å². The molecule has 0 spiro atoms. The molecule has 6 nitrogen and oxygen atoms in total. The SMILES string of the molecule is CC(=CCO)CCO.CC(=O)O.CC(=O)O. The molecule has 0 aliphatic rings. The van der Waals surface area contributed by atoms with E-state index in [9.17, 15) is 0 Å². The van der Waals surface area contributed by atoms with Crippen molar-refractivity contribution < 1.29 is 30.0 Å². The lowest BCUT2D eigenvalue weighted by Gasteiger charge is -1.92. The topological polar surface area (TPSA) is 115 Å². The van der Waals surface area contributed by atoms with Gasteiger partial charge in [-0.25, -0.2) is 0 Å². The molecule has 0 atom stereocenters. The minimum absolute atomic E-state index is 0.0752. The summed E-state index contributed by atoms with van der Waals surface area (Å²) in [5.74, 6) is -1.67. The van der Waals surface area contributed by atoms with Crippen LogP contribution < -0.4 is 0 Å². The first kappa shape index (κ1) is 20.1. The molecule has 0 saturated carbocycles. The summed E-state index contributed by atoms with van der Waals surface area (Å²) in [6.45, 7) is 4.29. The standard InChI is InChI=1S/C6H12O2.2C2H4O2/c1-6(2-4-7)3-5-8;2*1-2(3)4/h2,7-8H,3-5H2,1H3;2*1H3,(H,3,4). The molecular weight excluding hydrogens is 216 g/mol. The van der Waals surface area contributed by atoms with Crippen LogP contribution in [0, 0.1) is 0 Å². The van der Waals surface area contributed by atoms with Gasteiger partial charge in [-0.2, -0.15) is 0 Å². The molecule has 0 aromatic rings. The zero-order valence-corrected chi connectivity index (χ0v) is 9.80. The molecule has 16 heavy (non-hydrogen) atoms. The lowest BCUT2D eigenvalue weighted by molar-refractivity contribution is -0.135. The predicted octanol–water partition coefficient (Wildman–Crippen LogP) is 0.489. The monoisotopic (exact) mass is 236 g/mol. The Morgan fingerprint density at radius 3 is 1.50 bits per heavy atom. The van der Waals surface area contributed by atoms with Crippen molar-refractivity contribution in [2.45, 2.75) is 27.2 Å². The predicted molar refractivity (Wildman–Crippen MR) is 59.2 cm³/mol. The minimum atomic E-state index is -0.833. The summed E-state index contributed by atoms with van der Waals surface area (Å²) in [7, 11) is 0. The number of carboxylic acids is 2. The number of hydrogen-bond donors (Lipinski definition) is 4. The average Bonchev–Trinajstić information content (AvgIpc) is 2.02. The number of carbonyl (C=O) groups is 2. The van der Waals surface area contributed by atoms with Gasteiger partial charge in [-0.1, -0.05) is 11.6 Å². The summed E-state index contributed by atoms with van der Waals surface area (Å²) < 4.78 is 0. The first-order valence-corrected chi connectivity index (χ1v) is 4.54. The molecule has 0 fully saturated rings. The largest absolute Gasteiger partial charge is 0.481 e. The molecule has 0 unspecified atom stereocenters. The summed E-state index contributed by atoms with van der Waals surface area (Å²) in [6, 6.07) is 0. The van der Waals surface area contributed by atoms with Crippen molar-refractivity contribution in [2.24, 2.45) is 0 Å². The van der Waals surface area contributed by atoms with Gasteiger partial charge < -0.3 is 20.4 Å². The van der Waals surface area contributed by atoms with Gasteiger partial charge in [0.25, 0.3) is 11.9 Å². The smallest absolute Gasteiger partial charge is 0.300 e. The molecule has 0 heterocycles. The van der Waals surface area contributed by atoms with Gasteiger partial charge in [0.05, 0.1) is 6.61 Å². The summed E-state index contributed by atoms with van der Waals surface area (Å²) in [5.41, 5.74) is 1.04. The molecule has 0 aromatic carbocycles. The Labute approximate surface area is 94.8 Å². The number of aliphatic hydroxyl groups excluding tert-OH is 2. The van der Waals surface area contributed by atoms with Crippen LogP contribution in [0.4, 0.5) is 0 Å². The molecule has 0 radical (unpaired) electrons. The van der Waals surface area contributed by atoms with Crippen molar-refractivity contribution in [1.82, 2.24) is 0 Å². The Kier molecular flexibility index (Phi) is 20.1. The first-order valence-electron chi connectivity index (χ1n) is 4.54. The Bertz CT molecular complexity index is 189. The van der Waals surface area contributed by atoms with Crippen LogP contribution >= 0.6 is 0 Å². The van der Waals surface area contributed by atoms with Gasteiger partial charge in [0.2, 0.25) is 0 Å². The molecular formula is C10H20O6. The van der Waals surface area contributed by atoms with Gasteiger partial charge in [0.15, 0.2) is 0 Å². The normalized spacial score (nSPS) is 9.19. The molecule has 4 N–H and O–H groups in total. The van der Waals surface area contributed by atoms with Crippen LogP contribution in [0.5, 0.6) is 0 Å². The van der Waals surface area contributed by atoms with Gasteiger partial charge in [0, 0.05) is 20.5 Å². The Balaban J connectivity index is -0.000000179. The third-order valence-corrected chi connectivity index (χ3v) is 0.946. The van der Waals surface area contributed by atoms with E-state index in [4.69, 9.17) is 30.0 Å². The number of aliphatic hydroxyl groups is 2. The summed E-state index contributed by atoms with van der Waals surface area (Å²) >= 11 is 0. The maximum Gasteiger partial charge on any atom is 0.300 e. The van der Waals surface area contributed by atoms with E-state index >= 15 is 0 Å². The molecule has 0 aliphatic carbocycles. The summed E-state index contributed by atoms with van der Waals surface area (Å²) in [6.07, 6.45) is 2.36. The maximum absolute atomic E-state index is 9.00. The van der Waals surface area contributed by atoms with E-state index < -0.39 is 11.9 Å². The van der Waals surface area contributed by atoms with E-state index in [0.29, 0.717) is 6.42 Å². The van der Waals surface area contributed by atoms with Crippen molar-refractivity contribution in [3.8, 4) is 0 Å². The summed E-state index contributed by atoms with van der Waals surface area (Å²) in [5, 5.41) is 31.5. The number of rotatable bonds is 3.